The first-order valence-corrected chi connectivity index (χ1v) is 8.13. The number of allylic oxidation sites excluding steroid dienone is 6. The third-order valence-corrected chi connectivity index (χ3v) is 3.67. The maximum atomic E-state index is 4.54. The van der Waals surface area contributed by atoms with Gasteiger partial charge in [-0.1, -0.05) is 49.6 Å². The van der Waals surface area contributed by atoms with Crippen molar-refractivity contribution in [3.63, 3.8) is 0 Å². The molecular weight excluding hydrogens is 280 g/mol. The summed E-state index contributed by atoms with van der Waals surface area (Å²) < 4.78 is 0. The molecule has 126 valence electrons. The molecule has 0 fully saturated rings. The molecule has 0 N–H and O–H groups in total. The zero-order valence-corrected chi connectivity index (χ0v) is 15.3. The third kappa shape index (κ3) is 6.68. The summed E-state index contributed by atoms with van der Waals surface area (Å²) in [6.45, 7) is 22.9. The quantitative estimate of drug-likeness (QED) is 0.280. The Balaban J connectivity index is 5.66. The first kappa shape index (κ1) is 20.9. The highest BCUT2D eigenvalue weighted by Gasteiger charge is 2.19. The van der Waals surface area contributed by atoms with Gasteiger partial charge in [-0.15, -0.1) is 6.58 Å². The topological polar surface area (TPSA) is 15.6 Å². The average Bonchev–Trinajstić information content (AvgIpc) is 2.53. The van der Waals surface area contributed by atoms with Gasteiger partial charge in [0.25, 0.3) is 0 Å². The van der Waals surface area contributed by atoms with Gasteiger partial charge in [0.2, 0.25) is 0 Å². The molecule has 2 heteroatoms. The van der Waals surface area contributed by atoms with Crippen LogP contribution in [0.15, 0.2) is 78.5 Å². The van der Waals surface area contributed by atoms with Gasteiger partial charge in [0.1, 0.15) is 0 Å². The number of aliphatic imine (C=N–C) groups is 1. The highest BCUT2D eigenvalue weighted by molar-refractivity contribution is 6.11. The van der Waals surface area contributed by atoms with E-state index in [0.29, 0.717) is 6.54 Å². The highest BCUT2D eigenvalue weighted by atomic mass is 15.1. The Morgan fingerprint density at radius 2 is 1.91 bits per heavy atom. The fraction of sp³-hybridized carbons (Fsp3) is 0.381. The van der Waals surface area contributed by atoms with Crippen LogP contribution in [0.1, 0.15) is 33.6 Å². The minimum atomic E-state index is 0.224. The third-order valence-electron chi connectivity index (χ3n) is 3.67. The number of likely N-dealkylation sites (N-methyl/N-ethyl adjacent to an activating group) is 1. The van der Waals surface area contributed by atoms with Crippen LogP contribution in [0, 0.1) is 0 Å². The van der Waals surface area contributed by atoms with Gasteiger partial charge in [-0.3, -0.25) is 4.99 Å². The van der Waals surface area contributed by atoms with Crippen molar-refractivity contribution >= 4 is 5.71 Å². The molecule has 0 rings (SSSR count). The lowest BCUT2D eigenvalue weighted by Crippen LogP contribution is -2.33. The molecule has 0 aliphatic carbocycles. The minimum Gasteiger partial charge on any atom is -0.368 e. The first-order valence-electron chi connectivity index (χ1n) is 8.13. The summed E-state index contributed by atoms with van der Waals surface area (Å²) in [6.07, 6.45) is 11.7. The van der Waals surface area contributed by atoms with Gasteiger partial charge in [0.05, 0.1) is 5.71 Å². The molecule has 0 radical (unpaired) electrons. The van der Waals surface area contributed by atoms with Crippen molar-refractivity contribution in [3.8, 4) is 0 Å². The van der Waals surface area contributed by atoms with Crippen LogP contribution in [0.3, 0.4) is 0 Å². The molecule has 23 heavy (non-hydrogen) atoms. The minimum absolute atomic E-state index is 0.224. The monoisotopic (exact) mass is 312 g/mol. The summed E-state index contributed by atoms with van der Waals surface area (Å²) in [5, 5.41) is 0. The van der Waals surface area contributed by atoms with E-state index in [4.69, 9.17) is 0 Å². The van der Waals surface area contributed by atoms with E-state index in [9.17, 15) is 0 Å². The second-order valence-corrected chi connectivity index (χ2v) is 5.46. The Bertz CT molecular complexity index is 518. The predicted octanol–water partition coefficient (Wildman–Crippen LogP) is 5.49. The summed E-state index contributed by atoms with van der Waals surface area (Å²) >= 11 is 0. The van der Waals surface area contributed by atoms with Crippen LogP contribution < -0.4 is 0 Å². The van der Waals surface area contributed by atoms with Gasteiger partial charge >= 0.3 is 0 Å². The molecule has 0 amide bonds. The van der Waals surface area contributed by atoms with E-state index in [1.807, 2.05) is 38.2 Å². The zero-order valence-electron chi connectivity index (χ0n) is 15.3. The van der Waals surface area contributed by atoms with Crippen molar-refractivity contribution < 1.29 is 0 Å². The van der Waals surface area contributed by atoms with Crippen molar-refractivity contribution in [1.29, 1.82) is 0 Å². The van der Waals surface area contributed by atoms with Gasteiger partial charge < -0.3 is 4.90 Å². The Morgan fingerprint density at radius 3 is 2.35 bits per heavy atom. The van der Waals surface area contributed by atoms with Gasteiger partial charge in [-0.25, -0.2) is 0 Å². The summed E-state index contributed by atoms with van der Waals surface area (Å²) in [7, 11) is 2.06. The van der Waals surface area contributed by atoms with Gasteiger partial charge in [0.15, 0.2) is 0 Å². The summed E-state index contributed by atoms with van der Waals surface area (Å²) in [5.41, 5.74) is 3.90. The first-order chi connectivity index (χ1) is 10.9. The number of rotatable bonds is 11. The van der Waals surface area contributed by atoms with Crippen LogP contribution in [-0.4, -0.2) is 30.2 Å². The summed E-state index contributed by atoms with van der Waals surface area (Å²) in [5.74, 6) is 0. The van der Waals surface area contributed by atoms with Gasteiger partial charge in [-0.2, -0.15) is 0 Å². The lowest BCUT2D eigenvalue weighted by Gasteiger charge is -2.33. The fourth-order valence-corrected chi connectivity index (χ4v) is 2.38. The molecule has 0 saturated heterocycles. The van der Waals surface area contributed by atoms with Crippen LogP contribution in [0.25, 0.3) is 0 Å². The van der Waals surface area contributed by atoms with Crippen molar-refractivity contribution in [2.45, 2.75) is 39.7 Å². The van der Waals surface area contributed by atoms with E-state index in [2.05, 4.69) is 50.2 Å². The summed E-state index contributed by atoms with van der Waals surface area (Å²) in [4.78, 5) is 6.71. The van der Waals surface area contributed by atoms with E-state index in [0.717, 1.165) is 35.4 Å². The van der Waals surface area contributed by atoms with E-state index in [-0.39, 0.29) is 6.04 Å². The van der Waals surface area contributed by atoms with Crippen LogP contribution in [0.4, 0.5) is 0 Å². The molecule has 0 spiro atoms. The smallest absolute Gasteiger partial charge is 0.0661 e. The molecule has 0 aromatic heterocycles. The SMILES string of the molecule is C=CCCC(C(=C)C)N(C)C(=C)C(=C/C=C\C)/C(C=C)=N\CC. The van der Waals surface area contributed by atoms with E-state index >= 15 is 0 Å². The molecule has 0 bridgehead atoms. The molecular formula is C21H32N2. The average molecular weight is 313 g/mol. The highest BCUT2D eigenvalue weighted by Crippen LogP contribution is 2.23. The van der Waals surface area contributed by atoms with Crippen molar-refractivity contribution in [1.82, 2.24) is 4.90 Å². The molecule has 1 atom stereocenters. The van der Waals surface area contributed by atoms with Crippen LogP contribution in [0.2, 0.25) is 0 Å². The largest absolute Gasteiger partial charge is 0.368 e. The van der Waals surface area contributed by atoms with Crippen LogP contribution in [-0.2, 0) is 0 Å². The van der Waals surface area contributed by atoms with E-state index in [1.54, 1.807) is 6.08 Å². The molecule has 1 unspecified atom stereocenters. The predicted molar refractivity (Wildman–Crippen MR) is 106 cm³/mol. The van der Waals surface area contributed by atoms with Crippen molar-refractivity contribution in [2.75, 3.05) is 13.6 Å². The van der Waals surface area contributed by atoms with Crippen molar-refractivity contribution in [2.24, 2.45) is 4.99 Å². The van der Waals surface area contributed by atoms with Crippen LogP contribution >= 0.6 is 0 Å². The second-order valence-electron chi connectivity index (χ2n) is 5.46. The van der Waals surface area contributed by atoms with E-state index < -0.39 is 0 Å². The van der Waals surface area contributed by atoms with Crippen molar-refractivity contribution in [3.05, 3.63) is 73.5 Å². The summed E-state index contributed by atoms with van der Waals surface area (Å²) in [6, 6.07) is 0.224. The molecule has 2 nitrogen and oxygen atoms in total. The maximum Gasteiger partial charge on any atom is 0.0661 e. The zero-order chi connectivity index (χ0) is 17.8. The van der Waals surface area contributed by atoms with Gasteiger partial charge in [-0.05, 0) is 39.7 Å². The molecule has 0 aliphatic rings. The molecule has 0 aromatic rings. The van der Waals surface area contributed by atoms with E-state index in [1.165, 1.54) is 0 Å². The molecule has 0 heterocycles. The normalized spacial score (nSPS) is 13.7. The maximum absolute atomic E-state index is 4.54. The number of nitrogens with zero attached hydrogens (tertiary/aromatic N) is 2. The van der Waals surface area contributed by atoms with Gasteiger partial charge in [0, 0.05) is 30.9 Å². The Morgan fingerprint density at radius 1 is 1.26 bits per heavy atom. The number of hydrogen-bond donors (Lipinski definition) is 0. The lowest BCUT2D eigenvalue weighted by molar-refractivity contribution is 0.334. The van der Waals surface area contributed by atoms with Crippen LogP contribution in [0.5, 0.6) is 0 Å². The Labute approximate surface area is 143 Å². The second kappa shape index (κ2) is 11.5. The molecule has 0 aliphatic heterocycles. The Hall–Kier alpha value is -2.09. The Kier molecular flexibility index (Phi) is 10.4. The standard InChI is InChI=1S/C21H32N2/c1-9-13-15-19(20(11-3)22-12-4)18(7)23(8)21(17(5)6)16-14-10-2/h9-11,13,15,21H,2-3,5,7,12,14,16H2,1,4,6,8H3/b13-9-,19-15-,22-20-. The lowest BCUT2D eigenvalue weighted by atomic mass is 9.99. The number of hydrogen-bond acceptors (Lipinski definition) is 2. The molecule has 0 saturated carbocycles. The molecule has 0 aromatic carbocycles. The fourth-order valence-electron chi connectivity index (χ4n) is 2.38.